The van der Waals surface area contributed by atoms with Crippen LogP contribution in [-0.2, 0) is 9.47 Å². The highest BCUT2D eigenvalue weighted by atomic mass is 16.5. The lowest BCUT2D eigenvalue weighted by Crippen LogP contribution is -2.17. The number of carbonyl (C=O) groups is 1. The molecule has 0 fully saturated rings. The van der Waals surface area contributed by atoms with Crippen LogP contribution in [0.25, 0.3) is 0 Å². The van der Waals surface area contributed by atoms with Crippen molar-refractivity contribution in [3.05, 3.63) is 23.8 Å². The van der Waals surface area contributed by atoms with Gasteiger partial charge in [-0.3, -0.25) is 0 Å². The van der Waals surface area contributed by atoms with Gasteiger partial charge in [-0.1, -0.05) is 0 Å². The van der Waals surface area contributed by atoms with E-state index in [-0.39, 0.29) is 6.10 Å². The Morgan fingerprint density at radius 3 is 2.79 bits per heavy atom. The molecular weight excluding hydrogens is 246 g/mol. The molecule has 5 heteroatoms. The Bertz CT molecular complexity index is 420. The van der Waals surface area contributed by atoms with Crippen molar-refractivity contribution in [1.82, 2.24) is 0 Å². The minimum Gasteiger partial charge on any atom is -0.490 e. The molecule has 0 amide bonds. The Labute approximate surface area is 113 Å². The third-order valence-electron chi connectivity index (χ3n) is 2.56. The fourth-order valence-corrected chi connectivity index (χ4v) is 1.58. The number of anilines is 1. The highest BCUT2D eigenvalue weighted by Gasteiger charge is 2.16. The predicted molar refractivity (Wildman–Crippen MR) is 73.4 cm³/mol. The van der Waals surface area contributed by atoms with E-state index >= 15 is 0 Å². The molecule has 5 nitrogen and oxygen atoms in total. The zero-order chi connectivity index (χ0) is 14.3. The first-order valence-corrected chi connectivity index (χ1v) is 6.30. The maximum atomic E-state index is 11.8. The number of ether oxygens (including phenoxy) is 3. The number of hydrogen-bond acceptors (Lipinski definition) is 5. The summed E-state index contributed by atoms with van der Waals surface area (Å²) in [5.74, 6) is 0.0556. The quantitative estimate of drug-likeness (QED) is 0.606. The first-order valence-electron chi connectivity index (χ1n) is 6.30. The molecule has 0 saturated carbocycles. The minimum absolute atomic E-state index is 0.0586. The molecule has 0 heterocycles. The van der Waals surface area contributed by atoms with E-state index in [1.165, 1.54) is 0 Å². The predicted octanol–water partition coefficient (Wildman–Crippen LogP) is 2.25. The lowest BCUT2D eigenvalue weighted by atomic mass is 10.1. The second-order valence-electron chi connectivity index (χ2n) is 4.19. The molecule has 1 unspecified atom stereocenters. The van der Waals surface area contributed by atoms with Crippen LogP contribution in [-0.4, -0.2) is 32.4 Å². The average Bonchev–Trinajstić information content (AvgIpc) is 2.38. The number of benzene rings is 1. The van der Waals surface area contributed by atoms with Gasteiger partial charge in [-0.15, -0.1) is 0 Å². The molecule has 0 aliphatic heterocycles. The van der Waals surface area contributed by atoms with Crippen LogP contribution in [0.5, 0.6) is 5.75 Å². The number of methoxy groups -OCH3 is 1. The fraction of sp³-hybridized carbons (Fsp3) is 0.500. The summed E-state index contributed by atoms with van der Waals surface area (Å²) in [6.45, 7) is 4.59. The standard InChI is InChI=1S/C14H21NO4/c1-4-18-14(16)12-9-11(15)5-6-13(12)19-10(2)7-8-17-3/h5-6,9-10H,4,7-8,15H2,1-3H3. The summed E-state index contributed by atoms with van der Waals surface area (Å²) >= 11 is 0. The van der Waals surface area contributed by atoms with E-state index in [4.69, 9.17) is 19.9 Å². The molecule has 106 valence electrons. The Kier molecular flexibility index (Phi) is 6.15. The summed E-state index contributed by atoms with van der Waals surface area (Å²) < 4.78 is 15.7. The number of hydrogen-bond donors (Lipinski definition) is 1. The van der Waals surface area contributed by atoms with Gasteiger partial charge in [-0.2, -0.15) is 0 Å². The summed E-state index contributed by atoms with van der Waals surface area (Å²) in [4.78, 5) is 11.8. The number of esters is 1. The van der Waals surface area contributed by atoms with E-state index in [1.807, 2.05) is 6.92 Å². The van der Waals surface area contributed by atoms with Crippen LogP contribution in [0.2, 0.25) is 0 Å². The van der Waals surface area contributed by atoms with Crippen molar-refractivity contribution in [2.45, 2.75) is 26.4 Å². The zero-order valence-corrected chi connectivity index (χ0v) is 11.6. The largest absolute Gasteiger partial charge is 0.490 e. The van der Waals surface area contributed by atoms with Crippen LogP contribution in [0.4, 0.5) is 5.69 Å². The van der Waals surface area contributed by atoms with E-state index in [0.717, 1.165) is 6.42 Å². The molecule has 0 bridgehead atoms. The van der Waals surface area contributed by atoms with Gasteiger partial charge >= 0.3 is 5.97 Å². The van der Waals surface area contributed by atoms with Crippen LogP contribution < -0.4 is 10.5 Å². The molecule has 19 heavy (non-hydrogen) atoms. The molecule has 0 saturated heterocycles. The number of carbonyl (C=O) groups excluding carboxylic acids is 1. The van der Waals surface area contributed by atoms with Gasteiger partial charge < -0.3 is 19.9 Å². The van der Waals surface area contributed by atoms with Crippen LogP contribution in [0, 0.1) is 0 Å². The van der Waals surface area contributed by atoms with Crippen molar-refractivity contribution in [2.24, 2.45) is 0 Å². The van der Waals surface area contributed by atoms with E-state index in [2.05, 4.69) is 0 Å². The number of nitrogen functional groups attached to an aromatic ring is 1. The van der Waals surface area contributed by atoms with Gasteiger partial charge in [0, 0.05) is 25.8 Å². The molecule has 0 aliphatic carbocycles. The van der Waals surface area contributed by atoms with Gasteiger partial charge in [0.15, 0.2) is 0 Å². The summed E-state index contributed by atoms with van der Waals surface area (Å²) in [6, 6.07) is 4.95. The maximum Gasteiger partial charge on any atom is 0.341 e. The van der Waals surface area contributed by atoms with Crippen LogP contribution in [0.1, 0.15) is 30.6 Å². The second kappa shape index (κ2) is 7.63. The normalized spacial score (nSPS) is 11.9. The monoisotopic (exact) mass is 267 g/mol. The number of rotatable bonds is 7. The van der Waals surface area contributed by atoms with Crippen molar-refractivity contribution in [2.75, 3.05) is 26.1 Å². The Morgan fingerprint density at radius 1 is 1.42 bits per heavy atom. The average molecular weight is 267 g/mol. The zero-order valence-electron chi connectivity index (χ0n) is 11.6. The molecule has 1 aromatic carbocycles. The van der Waals surface area contributed by atoms with Crippen molar-refractivity contribution in [3.63, 3.8) is 0 Å². The van der Waals surface area contributed by atoms with Crippen molar-refractivity contribution in [1.29, 1.82) is 0 Å². The first-order chi connectivity index (χ1) is 9.08. The van der Waals surface area contributed by atoms with Gasteiger partial charge in [0.1, 0.15) is 11.3 Å². The molecule has 0 aliphatic rings. The maximum absolute atomic E-state index is 11.8. The molecule has 0 radical (unpaired) electrons. The van der Waals surface area contributed by atoms with Crippen molar-refractivity contribution >= 4 is 11.7 Å². The third-order valence-corrected chi connectivity index (χ3v) is 2.56. The smallest absolute Gasteiger partial charge is 0.341 e. The van der Waals surface area contributed by atoms with Crippen molar-refractivity contribution < 1.29 is 19.0 Å². The van der Waals surface area contributed by atoms with E-state index < -0.39 is 5.97 Å². The van der Waals surface area contributed by atoms with Gasteiger partial charge in [-0.25, -0.2) is 4.79 Å². The van der Waals surface area contributed by atoms with Crippen molar-refractivity contribution in [3.8, 4) is 5.75 Å². The third kappa shape index (κ3) is 4.79. The lowest BCUT2D eigenvalue weighted by Gasteiger charge is -2.17. The van der Waals surface area contributed by atoms with E-state index in [9.17, 15) is 4.79 Å². The summed E-state index contributed by atoms with van der Waals surface area (Å²) in [5.41, 5.74) is 6.54. The minimum atomic E-state index is -0.427. The molecule has 1 aromatic rings. The molecular formula is C14H21NO4. The molecule has 1 atom stereocenters. The summed E-state index contributed by atoms with van der Waals surface area (Å²) in [5, 5.41) is 0. The van der Waals surface area contributed by atoms with Gasteiger partial charge in [0.25, 0.3) is 0 Å². The molecule has 2 N–H and O–H groups in total. The Hall–Kier alpha value is -1.75. The Balaban J connectivity index is 2.84. The highest BCUT2D eigenvalue weighted by Crippen LogP contribution is 2.24. The van der Waals surface area contributed by atoms with Gasteiger partial charge in [-0.05, 0) is 32.0 Å². The Morgan fingerprint density at radius 2 is 2.16 bits per heavy atom. The lowest BCUT2D eigenvalue weighted by molar-refractivity contribution is 0.0518. The van der Waals surface area contributed by atoms with Gasteiger partial charge in [0.05, 0.1) is 12.7 Å². The van der Waals surface area contributed by atoms with Crippen LogP contribution in [0.15, 0.2) is 18.2 Å². The van der Waals surface area contributed by atoms with E-state index in [1.54, 1.807) is 32.2 Å². The SMILES string of the molecule is CCOC(=O)c1cc(N)ccc1OC(C)CCOC. The van der Waals surface area contributed by atoms with Crippen LogP contribution in [0.3, 0.4) is 0 Å². The summed E-state index contributed by atoms with van der Waals surface area (Å²) in [7, 11) is 1.64. The second-order valence-corrected chi connectivity index (χ2v) is 4.19. The topological polar surface area (TPSA) is 70.8 Å². The molecule has 1 rings (SSSR count). The molecule has 0 spiro atoms. The van der Waals surface area contributed by atoms with Crippen LogP contribution >= 0.6 is 0 Å². The van der Waals surface area contributed by atoms with Gasteiger partial charge in [0.2, 0.25) is 0 Å². The summed E-state index contributed by atoms with van der Waals surface area (Å²) in [6.07, 6.45) is 0.681. The number of nitrogens with two attached hydrogens (primary N) is 1. The van der Waals surface area contributed by atoms with E-state index in [0.29, 0.717) is 30.2 Å². The highest BCUT2D eigenvalue weighted by molar-refractivity contribution is 5.93. The molecule has 0 aromatic heterocycles. The fourth-order valence-electron chi connectivity index (χ4n) is 1.58. The first kappa shape index (κ1) is 15.3.